The van der Waals surface area contributed by atoms with Gasteiger partial charge in [-0.1, -0.05) is 119 Å². The molecular weight excluding hydrogens is 821 g/mol. The van der Waals surface area contributed by atoms with Crippen molar-refractivity contribution in [2.45, 2.75) is 175 Å². The van der Waals surface area contributed by atoms with Gasteiger partial charge < -0.3 is 49.2 Å². The second-order valence-corrected chi connectivity index (χ2v) is 21.3. The molecule has 10 nitrogen and oxygen atoms in total. The Labute approximate surface area is 387 Å². The molecule has 356 valence electrons. The van der Waals surface area contributed by atoms with E-state index in [1.54, 1.807) is 12.1 Å². The Bertz CT molecular complexity index is 2150. The fraction of sp³-hybridized carbons (Fsp3) is 0.564. The lowest BCUT2D eigenvalue weighted by Gasteiger charge is -2.38. The zero-order valence-electron chi connectivity index (χ0n) is 41.1. The van der Waals surface area contributed by atoms with Crippen LogP contribution in [-0.2, 0) is 46.7 Å². The number of benzene rings is 4. The second kappa shape index (κ2) is 20.3. The van der Waals surface area contributed by atoms with Crippen LogP contribution in [0, 0.1) is 0 Å². The lowest BCUT2D eigenvalue weighted by molar-refractivity contribution is -0.285. The van der Waals surface area contributed by atoms with E-state index in [2.05, 4.69) is 119 Å². The number of hydrogen-bond acceptors (Lipinski definition) is 10. The van der Waals surface area contributed by atoms with Gasteiger partial charge in [0.1, 0.15) is 59.8 Å². The Hall–Kier alpha value is -4.32. The molecule has 6 rings (SSSR count). The van der Waals surface area contributed by atoms with E-state index < -0.39 is 30.7 Å². The standard InChI is InChI=1S/C55H76O10/c1-13-16-61-49-34-19-32-29-43(64-31-44-46(57)47(58)48(59)52(60)65-44)30-33(45(32)56)20-35-24-41(54(7,8)9)26-37(50(35)62-17-14-2)22-39-28-42(55(10,11)12)27-38(51(39)63-18-15-3)21-36(49)25-40(23-34)53(4,5)6/h23-30,44,46-48,52,56-60H,13-22,31H2,1-12H3/t44-,46-,47+,48-,52+/m1/s1. The molecule has 0 saturated carbocycles. The summed E-state index contributed by atoms with van der Waals surface area (Å²) in [5.41, 5.74) is 10.2. The average Bonchev–Trinajstić information content (AvgIpc) is 3.22. The van der Waals surface area contributed by atoms with E-state index in [0.717, 1.165) is 81.0 Å². The molecule has 1 aliphatic carbocycles. The maximum atomic E-state index is 12.5. The molecule has 0 unspecified atom stereocenters. The van der Waals surface area contributed by atoms with Gasteiger partial charge in [-0.3, -0.25) is 0 Å². The van der Waals surface area contributed by atoms with E-state index in [4.69, 9.17) is 23.7 Å². The minimum absolute atomic E-state index is 0.121. The first-order valence-electron chi connectivity index (χ1n) is 23.8. The lowest BCUT2D eigenvalue weighted by Crippen LogP contribution is -2.58. The highest BCUT2D eigenvalue weighted by Gasteiger charge is 2.43. The smallest absolute Gasteiger partial charge is 0.184 e. The number of hydrogen-bond donors (Lipinski definition) is 5. The van der Waals surface area contributed by atoms with Gasteiger partial charge in [-0.25, -0.2) is 0 Å². The van der Waals surface area contributed by atoms with E-state index in [0.29, 0.717) is 62.4 Å². The van der Waals surface area contributed by atoms with Crippen molar-refractivity contribution in [2.24, 2.45) is 0 Å². The van der Waals surface area contributed by atoms with Gasteiger partial charge in [0.2, 0.25) is 0 Å². The molecule has 1 saturated heterocycles. The number of aromatic hydroxyl groups is 1. The summed E-state index contributed by atoms with van der Waals surface area (Å²) in [7, 11) is 0. The first-order valence-corrected chi connectivity index (χ1v) is 23.8. The topological polar surface area (TPSA) is 147 Å². The van der Waals surface area contributed by atoms with Crippen molar-refractivity contribution in [1.82, 2.24) is 0 Å². The summed E-state index contributed by atoms with van der Waals surface area (Å²) >= 11 is 0. The Morgan fingerprint density at radius 3 is 1.09 bits per heavy atom. The summed E-state index contributed by atoms with van der Waals surface area (Å²) in [6.07, 6.45) is -3.47. The molecule has 1 fully saturated rings. The second-order valence-electron chi connectivity index (χ2n) is 21.3. The molecule has 4 aromatic rings. The van der Waals surface area contributed by atoms with Crippen LogP contribution in [0.15, 0.2) is 48.5 Å². The lowest BCUT2D eigenvalue weighted by atomic mass is 9.80. The molecule has 5 N–H and O–H groups in total. The largest absolute Gasteiger partial charge is 0.507 e. The number of phenols is 1. The zero-order chi connectivity index (χ0) is 47.6. The maximum Gasteiger partial charge on any atom is 0.184 e. The van der Waals surface area contributed by atoms with Crippen molar-refractivity contribution in [3.8, 4) is 28.7 Å². The third-order valence-electron chi connectivity index (χ3n) is 12.5. The van der Waals surface area contributed by atoms with E-state index in [-0.39, 0.29) is 28.6 Å². The fourth-order valence-corrected chi connectivity index (χ4v) is 8.67. The van der Waals surface area contributed by atoms with Crippen LogP contribution in [0.1, 0.15) is 164 Å². The van der Waals surface area contributed by atoms with Gasteiger partial charge in [0, 0.05) is 36.8 Å². The van der Waals surface area contributed by atoms with Crippen molar-refractivity contribution in [2.75, 3.05) is 26.4 Å². The van der Waals surface area contributed by atoms with Gasteiger partial charge in [0.15, 0.2) is 6.29 Å². The highest BCUT2D eigenvalue weighted by molar-refractivity contribution is 5.60. The van der Waals surface area contributed by atoms with Gasteiger partial charge in [-0.2, -0.15) is 0 Å². The molecule has 65 heavy (non-hydrogen) atoms. The molecule has 10 heteroatoms. The number of aliphatic hydroxyl groups excluding tert-OH is 4. The zero-order valence-corrected chi connectivity index (χ0v) is 41.1. The Morgan fingerprint density at radius 1 is 0.462 bits per heavy atom. The minimum atomic E-state index is -1.70. The number of fused-ring (bicyclic) bond motifs is 8. The van der Waals surface area contributed by atoms with Crippen molar-refractivity contribution in [1.29, 1.82) is 0 Å². The van der Waals surface area contributed by atoms with Gasteiger partial charge in [-0.15, -0.1) is 0 Å². The normalized spacial score (nSPS) is 20.3. The van der Waals surface area contributed by atoms with E-state index in [9.17, 15) is 25.5 Å². The third-order valence-corrected chi connectivity index (χ3v) is 12.5. The van der Waals surface area contributed by atoms with E-state index in [1.807, 2.05) is 0 Å². The molecule has 0 radical (unpaired) electrons. The predicted octanol–water partition coefficient (Wildman–Crippen LogP) is 9.51. The maximum absolute atomic E-state index is 12.5. The third kappa shape index (κ3) is 11.6. The van der Waals surface area contributed by atoms with Crippen LogP contribution in [0.5, 0.6) is 28.7 Å². The SMILES string of the molecule is CCCOc1c2cc(C(C)(C)C)cc1Cc1cc(C(C)(C)C)cc(c1OCCC)Cc1cc(C(C)(C)C)cc(c1OCCC)Cc1cc(OC[C@H]3O[C@H](O)[C@H](O)[C@@H](O)[C@@H]3O)cc(c1O)C2. The summed E-state index contributed by atoms with van der Waals surface area (Å²) in [4.78, 5) is 0. The number of rotatable bonds is 12. The van der Waals surface area contributed by atoms with Crippen LogP contribution in [0.3, 0.4) is 0 Å². The Kier molecular flexibility index (Phi) is 15.6. The van der Waals surface area contributed by atoms with Crippen LogP contribution >= 0.6 is 0 Å². The van der Waals surface area contributed by atoms with Gasteiger partial charge in [0.25, 0.3) is 0 Å². The molecule has 0 amide bonds. The summed E-state index contributed by atoms with van der Waals surface area (Å²) in [5, 5.41) is 54.2. The van der Waals surface area contributed by atoms with Crippen molar-refractivity contribution in [3.05, 3.63) is 110 Å². The average molecular weight is 897 g/mol. The molecule has 0 spiro atoms. The first kappa shape index (κ1) is 50.1. The summed E-state index contributed by atoms with van der Waals surface area (Å²) < 4.78 is 32.3. The Morgan fingerprint density at radius 2 is 0.785 bits per heavy atom. The molecule has 8 bridgehead atoms. The summed E-state index contributed by atoms with van der Waals surface area (Å²) in [6, 6.07) is 17.2. The monoisotopic (exact) mass is 897 g/mol. The highest BCUT2D eigenvalue weighted by Crippen LogP contribution is 2.44. The van der Waals surface area contributed by atoms with Crippen LogP contribution in [0.25, 0.3) is 0 Å². The molecule has 4 aromatic carbocycles. The van der Waals surface area contributed by atoms with Gasteiger partial charge >= 0.3 is 0 Å². The minimum Gasteiger partial charge on any atom is -0.507 e. The molecule has 2 aliphatic rings. The van der Waals surface area contributed by atoms with Crippen LogP contribution in [0.2, 0.25) is 0 Å². The predicted molar refractivity (Wildman–Crippen MR) is 257 cm³/mol. The number of ether oxygens (including phenoxy) is 5. The summed E-state index contributed by atoms with van der Waals surface area (Å²) in [6.45, 7) is 27.7. The van der Waals surface area contributed by atoms with Crippen molar-refractivity contribution < 1.29 is 49.2 Å². The molecule has 1 aliphatic heterocycles. The number of aliphatic hydroxyl groups is 4. The molecule has 5 atom stereocenters. The van der Waals surface area contributed by atoms with Crippen LogP contribution < -0.4 is 18.9 Å². The summed E-state index contributed by atoms with van der Waals surface area (Å²) in [5.74, 6) is 2.97. The Balaban J connectivity index is 1.68. The molecule has 0 aromatic heterocycles. The fourth-order valence-electron chi connectivity index (χ4n) is 8.67. The van der Waals surface area contributed by atoms with Gasteiger partial charge in [-0.05, 0) is 97.7 Å². The van der Waals surface area contributed by atoms with Crippen LogP contribution in [0.4, 0.5) is 0 Å². The van der Waals surface area contributed by atoms with E-state index >= 15 is 0 Å². The van der Waals surface area contributed by atoms with Crippen LogP contribution in [-0.4, -0.2) is 82.7 Å². The first-order chi connectivity index (χ1) is 30.5. The van der Waals surface area contributed by atoms with Crippen molar-refractivity contribution in [3.63, 3.8) is 0 Å². The quantitative estimate of drug-likeness (QED) is 0.0821. The number of phenolic OH excluding ortho intramolecular Hbond substituents is 1. The van der Waals surface area contributed by atoms with Gasteiger partial charge in [0.05, 0.1) is 19.8 Å². The molecular formula is C55H76O10. The van der Waals surface area contributed by atoms with Crippen molar-refractivity contribution >= 4 is 0 Å². The highest BCUT2D eigenvalue weighted by atomic mass is 16.6. The molecule has 1 heterocycles. The van der Waals surface area contributed by atoms with E-state index in [1.165, 1.54) is 5.56 Å².